The van der Waals surface area contributed by atoms with Crippen molar-refractivity contribution < 1.29 is 9.53 Å². The summed E-state index contributed by atoms with van der Waals surface area (Å²) < 4.78 is 9.05. The van der Waals surface area contributed by atoms with Crippen LogP contribution in [0.15, 0.2) is 24.3 Å². The first-order chi connectivity index (χ1) is 8.65. The van der Waals surface area contributed by atoms with Gasteiger partial charge in [0.15, 0.2) is 0 Å². The predicted octanol–water partition coefficient (Wildman–Crippen LogP) is 1.97. The van der Waals surface area contributed by atoms with Crippen LogP contribution in [0.25, 0.3) is 0 Å². The van der Waals surface area contributed by atoms with E-state index in [0.29, 0.717) is 10.7 Å². The van der Waals surface area contributed by atoms with Crippen molar-refractivity contribution in [2.75, 3.05) is 5.32 Å². The summed E-state index contributed by atoms with van der Waals surface area (Å²) in [7, 11) is 0. The van der Waals surface area contributed by atoms with Gasteiger partial charge in [0, 0.05) is 17.1 Å². The number of rotatable bonds is 4. The molecule has 1 heterocycles. The molecular weight excluding hydrogens is 252 g/mol. The third-order valence-corrected chi connectivity index (χ3v) is 2.52. The van der Waals surface area contributed by atoms with E-state index in [0.717, 1.165) is 17.3 Å². The van der Waals surface area contributed by atoms with Crippen LogP contribution in [0.5, 0.6) is 5.75 Å². The molecule has 0 aliphatic heterocycles. The van der Waals surface area contributed by atoms with E-state index >= 15 is 0 Å². The van der Waals surface area contributed by atoms with Crippen LogP contribution in [0.1, 0.15) is 24.2 Å². The van der Waals surface area contributed by atoms with E-state index in [1.54, 1.807) is 24.3 Å². The van der Waals surface area contributed by atoms with E-state index in [-0.39, 0.29) is 12.0 Å². The molecule has 18 heavy (non-hydrogen) atoms. The Hall–Kier alpha value is -2.02. The zero-order valence-electron chi connectivity index (χ0n) is 9.95. The van der Waals surface area contributed by atoms with E-state index in [1.165, 1.54) is 0 Å². The molecule has 1 aromatic heterocycles. The minimum atomic E-state index is -0.246. The largest absolute Gasteiger partial charge is 0.491 e. The van der Waals surface area contributed by atoms with E-state index in [2.05, 4.69) is 20.1 Å². The van der Waals surface area contributed by atoms with Gasteiger partial charge in [-0.2, -0.15) is 0 Å². The highest BCUT2D eigenvalue weighted by Gasteiger charge is 2.08. The summed E-state index contributed by atoms with van der Waals surface area (Å²) in [6.07, 6.45) is 0.108. The lowest BCUT2D eigenvalue weighted by Crippen LogP contribution is -2.12. The Morgan fingerprint density at radius 2 is 2.06 bits per heavy atom. The molecule has 6 nitrogen and oxygen atoms in total. The molecule has 1 amide bonds. The molecule has 0 fully saturated rings. The maximum absolute atomic E-state index is 11.8. The first kappa shape index (κ1) is 12.4. The number of anilines is 1. The number of aromatic nitrogens is 3. The van der Waals surface area contributed by atoms with Gasteiger partial charge in [0.1, 0.15) is 5.75 Å². The Balaban J connectivity index is 2.03. The highest BCUT2D eigenvalue weighted by molar-refractivity contribution is 7.09. The SMILES string of the molecule is CC(C)Oc1ccc(C(=O)Nc2nnns2)cc1. The minimum absolute atomic E-state index is 0.108. The quantitative estimate of drug-likeness (QED) is 0.913. The summed E-state index contributed by atoms with van der Waals surface area (Å²) in [5, 5.41) is 10.0. The number of ether oxygens (including phenoxy) is 1. The lowest BCUT2D eigenvalue weighted by molar-refractivity contribution is 0.102. The fourth-order valence-corrected chi connectivity index (χ4v) is 1.67. The number of nitrogens with one attached hydrogen (secondary N) is 1. The molecular formula is C11H12N4O2S. The van der Waals surface area contributed by atoms with Crippen molar-refractivity contribution in [3.8, 4) is 5.75 Å². The van der Waals surface area contributed by atoms with E-state index < -0.39 is 0 Å². The molecule has 2 rings (SSSR count). The number of nitrogens with zero attached hydrogens (tertiary/aromatic N) is 3. The van der Waals surface area contributed by atoms with Crippen molar-refractivity contribution in [1.29, 1.82) is 0 Å². The smallest absolute Gasteiger partial charge is 0.257 e. The second-order valence-electron chi connectivity index (χ2n) is 3.81. The maximum Gasteiger partial charge on any atom is 0.257 e. The number of carbonyl (C=O) groups excluding carboxylic acids is 1. The van der Waals surface area contributed by atoms with Crippen LogP contribution in [0.3, 0.4) is 0 Å². The van der Waals surface area contributed by atoms with Crippen LogP contribution in [-0.2, 0) is 0 Å². The van der Waals surface area contributed by atoms with Crippen molar-refractivity contribution in [3.05, 3.63) is 29.8 Å². The summed E-state index contributed by atoms with van der Waals surface area (Å²) in [6, 6.07) is 6.91. The monoisotopic (exact) mass is 264 g/mol. The second-order valence-corrected chi connectivity index (χ2v) is 4.55. The molecule has 1 aromatic carbocycles. The molecule has 0 unspecified atom stereocenters. The van der Waals surface area contributed by atoms with Gasteiger partial charge in [0.05, 0.1) is 6.10 Å². The fourth-order valence-electron chi connectivity index (χ4n) is 1.31. The van der Waals surface area contributed by atoms with Gasteiger partial charge in [-0.1, -0.05) is 9.59 Å². The molecule has 7 heteroatoms. The van der Waals surface area contributed by atoms with Crippen molar-refractivity contribution in [3.63, 3.8) is 0 Å². The van der Waals surface area contributed by atoms with Crippen molar-refractivity contribution in [2.45, 2.75) is 20.0 Å². The highest BCUT2D eigenvalue weighted by Crippen LogP contribution is 2.15. The summed E-state index contributed by atoms with van der Waals surface area (Å²) in [4.78, 5) is 11.8. The molecule has 0 spiro atoms. The van der Waals surface area contributed by atoms with Gasteiger partial charge in [-0.05, 0) is 43.3 Å². The van der Waals surface area contributed by atoms with Gasteiger partial charge in [-0.15, -0.1) is 0 Å². The molecule has 0 saturated heterocycles. The van der Waals surface area contributed by atoms with E-state index in [1.807, 2.05) is 13.8 Å². The van der Waals surface area contributed by atoms with Gasteiger partial charge in [0.25, 0.3) is 5.91 Å². The summed E-state index contributed by atoms with van der Waals surface area (Å²) >= 11 is 1.03. The van der Waals surface area contributed by atoms with Crippen molar-refractivity contribution in [2.24, 2.45) is 0 Å². The fraction of sp³-hybridized carbons (Fsp3) is 0.273. The number of amides is 1. The molecule has 0 radical (unpaired) electrons. The predicted molar refractivity (Wildman–Crippen MR) is 67.9 cm³/mol. The summed E-state index contributed by atoms with van der Waals surface area (Å²) in [5.41, 5.74) is 0.529. The number of carbonyl (C=O) groups is 1. The Kier molecular flexibility index (Phi) is 3.83. The topological polar surface area (TPSA) is 77.0 Å². The molecule has 1 N–H and O–H groups in total. The molecule has 94 valence electrons. The van der Waals surface area contributed by atoms with E-state index in [4.69, 9.17) is 4.74 Å². The van der Waals surface area contributed by atoms with Crippen LogP contribution in [0.4, 0.5) is 5.13 Å². The van der Waals surface area contributed by atoms with Gasteiger partial charge in [0.2, 0.25) is 5.13 Å². The molecule has 0 aliphatic rings. The Bertz CT molecular complexity index is 510. The molecule has 0 saturated carbocycles. The van der Waals surface area contributed by atoms with Crippen molar-refractivity contribution in [1.82, 2.24) is 14.8 Å². The Morgan fingerprint density at radius 1 is 1.33 bits per heavy atom. The van der Waals surface area contributed by atoms with Crippen LogP contribution in [0.2, 0.25) is 0 Å². The summed E-state index contributed by atoms with van der Waals surface area (Å²) in [6.45, 7) is 3.90. The molecule has 2 aromatic rings. The average Bonchev–Trinajstić information content (AvgIpc) is 2.82. The normalized spacial score (nSPS) is 10.4. The lowest BCUT2D eigenvalue weighted by Gasteiger charge is -2.09. The minimum Gasteiger partial charge on any atom is -0.491 e. The van der Waals surface area contributed by atoms with Gasteiger partial charge in [-0.3, -0.25) is 10.1 Å². The second kappa shape index (κ2) is 5.54. The standard InChI is InChI=1S/C11H12N4O2S/c1-7(2)17-9-5-3-8(4-6-9)10(16)12-11-13-14-15-18-11/h3-7H,1-2H3,(H,12,13,15,16). The third kappa shape index (κ3) is 3.24. The maximum atomic E-state index is 11.8. The average molecular weight is 264 g/mol. The van der Waals surface area contributed by atoms with Crippen LogP contribution < -0.4 is 10.1 Å². The highest BCUT2D eigenvalue weighted by atomic mass is 32.1. The van der Waals surface area contributed by atoms with Crippen molar-refractivity contribution >= 4 is 22.6 Å². The number of benzene rings is 1. The molecule has 0 aliphatic carbocycles. The Labute approximate surface area is 108 Å². The number of hydrogen-bond acceptors (Lipinski definition) is 6. The number of hydrogen-bond donors (Lipinski definition) is 1. The zero-order valence-corrected chi connectivity index (χ0v) is 10.8. The van der Waals surface area contributed by atoms with Gasteiger partial charge in [-0.25, -0.2) is 0 Å². The zero-order chi connectivity index (χ0) is 13.0. The Morgan fingerprint density at radius 3 is 2.61 bits per heavy atom. The first-order valence-electron chi connectivity index (χ1n) is 5.38. The third-order valence-electron chi connectivity index (χ3n) is 2.01. The van der Waals surface area contributed by atoms with Crippen LogP contribution in [-0.4, -0.2) is 26.8 Å². The van der Waals surface area contributed by atoms with Gasteiger partial charge < -0.3 is 4.74 Å². The molecule has 0 bridgehead atoms. The first-order valence-corrected chi connectivity index (χ1v) is 6.15. The molecule has 0 atom stereocenters. The van der Waals surface area contributed by atoms with E-state index in [9.17, 15) is 4.79 Å². The van der Waals surface area contributed by atoms with Crippen LogP contribution in [0, 0.1) is 0 Å². The van der Waals surface area contributed by atoms with Gasteiger partial charge >= 0.3 is 0 Å². The lowest BCUT2D eigenvalue weighted by atomic mass is 10.2. The van der Waals surface area contributed by atoms with Crippen LogP contribution >= 0.6 is 11.5 Å². The summed E-state index contributed by atoms with van der Waals surface area (Å²) in [5.74, 6) is 0.490.